The lowest BCUT2D eigenvalue weighted by atomic mass is 10.1. The van der Waals surface area contributed by atoms with Crippen LogP contribution in [0.3, 0.4) is 0 Å². The Morgan fingerprint density at radius 3 is 2.75 bits per heavy atom. The monoisotopic (exact) mass is 329 g/mol. The number of nitrogens with two attached hydrogens (primary N) is 1. The Labute approximate surface area is 144 Å². The summed E-state index contributed by atoms with van der Waals surface area (Å²) in [6.45, 7) is 5.90. The largest absolute Gasteiger partial charge is 0.491 e. The Morgan fingerprint density at radius 1 is 1.42 bits per heavy atom. The van der Waals surface area contributed by atoms with E-state index in [-0.39, 0.29) is 0 Å². The average molecular weight is 329 g/mol. The van der Waals surface area contributed by atoms with Crippen molar-refractivity contribution in [3.63, 3.8) is 0 Å². The molecule has 24 heavy (non-hydrogen) atoms. The van der Waals surface area contributed by atoms with Gasteiger partial charge in [0.15, 0.2) is 0 Å². The lowest BCUT2D eigenvalue weighted by Gasteiger charge is -2.17. The molecule has 1 saturated heterocycles. The van der Waals surface area contributed by atoms with Gasteiger partial charge in [0.25, 0.3) is 0 Å². The maximum absolute atomic E-state index is 9.45. The summed E-state index contributed by atoms with van der Waals surface area (Å²) in [6, 6.07) is 3.92. The van der Waals surface area contributed by atoms with E-state index in [0.717, 1.165) is 18.5 Å². The fourth-order valence-corrected chi connectivity index (χ4v) is 2.89. The van der Waals surface area contributed by atoms with Crippen molar-refractivity contribution in [2.45, 2.75) is 26.2 Å². The molecule has 1 aliphatic rings. The van der Waals surface area contributed by atoms with Crippen LogP contribution < -0.4 is 10.5 Å². The van der Waals surface area contributed by atoms with Gasteiger partial charge in [0.1, 0.15) is 11.8 Å². The molecule has 1 heterocycles. The first-order valence-electron chi connectivity index (χ1n) is 8.42. The molecule has 130 valence electrons. The molecular weight excluding hydrogens is 302 g/mol. The number of nitriles is 1. The molecule has 6 heteroatoms. The number of ether oxygens (including phenoxy) is 1. The third-order valence-corrected chi connectivity index (χ3v) is 4.13. The Morgan fingerprint density at radius 2 is 2.12 bits per heavy atom. The highest BCUT2D eigenvalue weighted by Gasteiger charge is 2.15. The topological polar surface area (TPSA) is 77.9 Å². The van der Waals surface area contributed by atoms with E-state index in [1.807, 2.05) is 25.9 Å². The van der Waals surface area contributed by atoms with Crippen molar-refractivity contribution < 1.29 is 4.74 Å². The number of aliphatic imine (C=N–C) groups is 1. The van der Waals surface area contributed by atoms with Gasteiger partial charge in [-0.3, -0.25) is 0 Å². The minimum atomic E-state index is 0.511. The number of rotatable bonds is 7. The molecule has 0 amide bonds. The van der Waals surface area contributed by atoms with Crippen LogP contribution in [0, 0.1) is 18.3 Å². The van der Waals surface area contributed by atoms with Gasteiger partial charge >= 0.3 is 0 Å². The number of hydrogen-bond donors (Lipinski definition) is 1. The maximum Gasteiger partial charge on any atom is 0.146 e. The molecule has 0 radical (unpaired) electrons. The first kappa shape index (κ1) is 18.1. The molecule has 2 rings (SSSR count). The smallest absolute Gasteiger partial charge is 0.146 e. The van der Waals surface area contributed by atoms with Crippen LogP contribution in [0.4, 0.5) is 11.4 Å². The fourth-order valence-electron chi connectivity index (χ4n) is 2.89. The summed E-state index contributed by atoms with van der Waals surface area (Å²) in [5, 5.41) is 9.45. The number of benzene rings is 1. The van der Waals surface area contributed by atoms with Gasteiger partial charge in [-0.15, -0.1) is 0 Å². The van der Waals surface area contributed by atoms with Gasteiger partial charge < -0.3 is 20.3 Å². The van der Waals surface area contributed by atoms with Gasteiger partial charge in [0.2, 0.25) is 0 Å². The fraction of sp³-hybridized carbons (Fsp3) is 0.556. The number of hydrogen-bond acceptors (Lipinski definition) is 5. The average Bonchev–Trinajstić information content (AvgIpc) is 3.05. The van der Waals surface area contributed by atoms with Crippen molar-refractivity contribution in [3.05, 3.63) is 17.2 Å². The van der Waals surface area contributed by atoms with Crippen LogP contribution in [0.25, 0.3) is 0 Å². The molecule has 0 atom stereocenters. The van der Waals surface area contributed by atoms with Gasteiger partial charge in [-0.05, 0) is 45.3 Å². The zero-order chi connectivity index (χ0) is 17.5. The first-order valence-corrected chi connectivity index (χ1v) is 8.42. The number of nitrogen functional groups attached to an aromatic ring is 1. The normalized spacial score (nSPS) is 14.9. The number of likely N-dealkylation sites (tertiary alicyclic amines) is 1. The van der Waals surface area contributed by atoms with Gasteiger partial charge in [0.05, 0.1) is 29.9 Å². The molecule has 1 fully saturated rings. The summed E-state index contributed by atoms with van der Waals surface area (Å²) in [5.41, 5.74) is 8.49. The number of nitrogens with zero attached hydrogens (tertiary/aromatic N) is 4. The summed E-state index contributed by atoms with van der Waals surface area (Å²) < 4.78 is 5.89. The van der Waals surface area contributed by atoms with Crippen LogP contribution in [-0.4, -0.2) is 56.5 Å². The summed E-state index contributed by atoms with van der Waals surface area (Å²) in [6.07, 6.45) is 5.22. The summed E-state index contributed by atoms with van der Waals surface area (Å²) in [5.74, 6) is 0.608. The van der Waals surface area contributed by atoms with Gasteiger partial charge in [-0.25, -0.2) is 4.99 Å². The van der Waals surface area contributed by atoms with E-state index in [0.29, 0.717) is 29.3 Å². The second-order valence-electron chi connectivity index (χ2n) is 6.38. The van der Waals surface area contributed by atoms with E-state index in [9.17, 15) is 5.26 Å². The zero-order valence-corrected chi connectivity index (χ0v) is 14.9. The highest BCUT2D eigenvalue weighted by Crippen LogP contribution is 2.35. The standard InChI is InChI=1S/C18H27N5O/c1-14-15(12-19)17(21-13-22(2)3)11-16(20)18(14)24-10-6-9-23-7-4-5-8-23/h11,13H,4-10,20H2,1-3H3. The first-order chi connectivity index (χ1) is 11.5. The lowest BCUT2D eigenvalue weighted by Crippen LogP contribution is -2.22. The predicted molar refractivity (Wildman–Crippen MR) is 97.9 cm³/mol. The van der Waals surface area contributed by atoms with E-state index < -0.39 is 0 Å². The molecule has 0 spiro atoms. The molecule has 0 bridgehead atoms. The second-order valence-corrected chi connectivity index (χ2v) is 6.38. The van der Waals surface area contributed by atoms with Gasteiger partial charge in [-0.1, -0.05) is 0 Å². The van der Waals surface area contributed by atoms with Gasteiger partial charge in [-0.2, -0.15) is 5.26 Å². The molecular formula is C18H27N5O. The molecule has 0 saturated carbocycles. The third-order valence-electron chi connectivity index (χ3n) is 4.13. The van der Waals surface area contributed by atoms with Crippen LogP contribution in [0.2, 0.25) is 0 Å². The van der Waals surface area contributed by atoms with Crippen molar-refractivity contribution in [1.82, 2.24) is 9.80 Å². The summed E-state index contributed by atoms with van der Waals surface area (Å²) in [7, 11) is 3.76. The van der Waals surface area contributed by atoms with Crippen molar-refractivity contribution in [2.75, 3.05) is 46.1 Å². The van der Waals surface area contributed by atoms with E-state index in [2.05, 4.69) is 16.0 Å². The minimum absolute atomic E-state index is 0.511. The van der Waals surface area contributed by atoms with E-state index in [4.69, 9.17) is 10.5 Å². The van der Waals surface area contributed by atoms with Crippen LogP contribution in [-0.2, 0) is 0 Å². The summed E-state index contributed by atoms with van der Waals surface area (Å²) in [4.78, 5) is 8.60. The summed E-state index contributed by atoms with van der Waals surface area (Å²) >= 11 is 0. The minimum Gasteiger partial charge on any atom is -0.491 e. The van der Waals surface area contributed by atoms with Crippen LogP contribution in [0.5, 0.6) is 5.75 Å². The molecule has 0 aromatic heterocycles. The Kier molecular flexibility index (Phi) is 6.44. The SMILES string of the molecule is Cc1c(C#N)c(N=CN(C)C)cc(N)c1OCCCN1CCCC1. The van der Waals surface area contributed by atoms with E-state index >= 15 is 0 Å². The third kappa shape index (κ3) is 4.62. The lowest BCUT2D eigenvalue weighted by molar-refractivity contribution is 0.263. The Bertz CT molecular complexity index is 627. The van der Waals surface area contributed by atoms with Crippen LogP contribution in [0.1, 0.15) is 30.4 Å². The van der Waals surface area contributed by atoms with Crippen molar-refractivity contribution in [3.8, 4) is 11.8 Å². The van der Waals surface area contributed by atoms with Crippen molar-refractivity contribution in [2.24, 2.45) is 4.99 Å². The Balaban J connectivity index is 2.05. The predicted octanol–water partition coefficient (Wildman–Crippen LogP) is 2.54. The second kappa shape index (κ2) is 8.55. The Hall–Kier alpha value is -2.26. The van der Waals surface area contributed by atoms with Crippen LogP contribution >= 0.6 is 0 Å². The van der Waals surface area contributed by atoms with Crippen LogP contribution in [0.15, 0.2) is 11.1 Å². The molecule has 1 aromatic carbocycles. The molecule has 0 aliphatic carbocycles. The zero-order valence-electron chi connectivity index (χ0n) is 14.9. The molecule has 2 N–H and O–H groups in total. The van der Waals surface area contributed by atoms with Crippen molar-refractivity contribution >= 4 is 17.7 Å². The van der Waals surface area contributed by atoms with E-state index in [1.165, 1.54) is 25.9 Å². The van der Waals surface area contributed by atoms with Gasteiger partial charge in [0, 0.05) is 26.2 Å². The van der Waals surface area contributed by atoms with E-state index in [1.54, 1.807) is 12.4 Å². The molecule has 0 unspecified atom stereocenters. The number of anilines is 1. The maximum atomic E-state index is 9.45. The quantitative estimate of drug-likeness (QED) is 0.360. The molecule has 1 aromatic rings. The highest BCUT2D eigenvalue weighted by molar-refractivity contribution is 5.74. The van der Waals surface area contributed by atoms with Crippen molar-refractivity contribution in [1.29, 1.82) is 5.26 Å². The molecule has 6 nitrogen and oxygen atoms in total. The highest BCUT2D eigenvalue weighted by atomic mass is 16.5. The molecule has 1 aliphatic heterocycles.